The highest BCUT2D eigenvalue weighted by molar-refractivity contribution is 4.88. The fourth-order valence-corrected chi connectivity index (χ4v) is 1.90. The lowest BCUT2D eigenvalue weighted by molar-refractivity contribution is -0.0715. The van der Waals surface area contributed by atoms with Gasteiger partial charge >= 0.3 is 0 Å². The molecule has 72 valence electrons. The van der Waals surface area contributed by atoms with Gasteiger partial charge in [-0.2, -0.15) is 0 Å². The average molecular weight is 172 g/mol. The minimum absolute atomic E-state index is 0.371. The molecule has 0 amide bonds. The smallest absolute Gasteiger partial charge is 0.0672 e. The van der Waals surface area contributed by atoms with E-state index >= 15 is 0 Å². The van der Waals surface area contributed by atoms with E-state index in [1.165, 1.54) is 0 Å². The van der Waals surface area contributed by atoms with Crippen LogP contribution in [0.25, 0.3) is 0 Å². The highest BCUT2D eigenvalue weighted by Gasteiger charge is 2.35. The molecule has 0 aromatic carbocycles. The zero-order chi connectivity index (χ0) is 9.19. The van der Waals surface area contributed by atoms with Crippen LogP contribution in [0.1, 0.15) is 39.5 Å². The molecule has 0 bridgehead atoms. The summed E-state index contributed by atoms with van der Waals surface area (Å²) in [5.74, 6) is 0.371. The van der Waals surface area contributed by atoms with E-state index in [1.807, 2.05) is 0 Å². The summed E-state index contributed by atoms with van der Waals surface area (Å²) in [5, 5.41) is 10.1. The van der Waals surface area contributed by atoms with Gasteiger partial charge in [0.15, 0.2) is 0 Å². The second-order valence-corrected chi connectivity index (χ2v) is 4.19. The summed E-state index contributed by atoms with van der Waals surface area (Å²) in [5.41, 5.74) is -0.422. The van der Waals surface area contributed by atoms with E-state index in [0.29, 0.717) is 12.0 Å². The van der Waals surface area contributed by atoms with Gasteiger partial charge in [0.2, 0.25) is 0 Å². The molecule has 1 saturated carbocycles. The van der Waals surface area contributed by atoms with Crippen LogP contribution < -0.4 is 0 Å². The van der Waals surface area contributed by atoms with Crippen molar-refractivity contribution < 1.29 is 9.84 Å². The lowest BCUT2D eigenvalue weighted by atomic mass is 9.76. The average Bonchev–Trinajstić information content (AvgIpc) is 2.06. The lowest BCUT2D eigenvalue weighted by Crippen LogP contribution is -2.40. The molecule has 0 aromatic heterocycles. The van der Waals surface area contributed by atoms with Crippen molar-refractivity contribution in [3.05, 3.63) is 0 Å². The topological polar surface area (TPSA) is 29.5 Å². The van der Waals surface area contributed by atoms with Crippen molar-refractivity contribution in [1.29, 1.82) is 0 Å². The molecular weight excluding hydrogens is 152 g/mol. The molecular formula is C10H20O2. The third-order valence-electron chi connectivity index (χ3n) is 3.21. The molecule has 12 heavy (non-hydrogen) atoms. The summed E-state index contributed by atoms with van der Waals surface area (Å²) in [7, 11) is 1.75. The minimum atomic E-state index is -0.422. The van der Waals surface area contributed by atoms with Crippen LogP contribution in [0.15, 0.2) is 0 Å². The molecule has 2 heteroatoms. The van der Waals surface area contributed by atoms with E-state index in [9.17, 15) is 5.11 Å². The minimum Gasteiger partial charge on any atom is -0.390 e. The van der Waals surface area contributed by atoms with Gasteiger partial charge in [-0.05, 0) is 31.6 Å². The molecule has 0 saturated heterocycles. The number of hydrogen-bond donors (Lipinski definition) is 1. The first-order valence-electron chi connectivity index (χ1n) is 4.83. The van der Waals surface area contributed by atoms with Crippen molar-refractivity contribution >= 4 is 0 Å². The second kappa shape index (κ2) is 3.75. The summed E-state index contributed by atoms with van der Waals surface area (Å²) in [6.07, 6.45) is 4.17. The molecule has 0 atom stereocenters. The number of methoxy groups -OCH3 is 1. The Morgan fingerprint density at radius 3 is 2.17 bits per heavy atom. The fourth-order valence-electron chi connectivity index (χ4n) is 1.90. The van der Waals surface area contributed by atoms with E-state index in [1.54, 1.807) is 7.11 Å². The summed E-state index contributed by atoms with van der Waals surface area (Å²) in [6, 6.07) is 0. The molecule has 1 aliphatic carbocycles. The van der Waals surface area contributed by atoms with Crippen LogP contribution >= 0.6 is 0 Å². The summed E-state index contributed by atoms with van der Waals surface area (Å²) in [4.78, 5) is 0. The molecule has 0 aromatic rings. The predicted molar refractivity (Wildman–Crippen MR) is 49.1 cm³/mol. The van der Waals surface area contributed by atoms with Crippen molar-refractivity contribution in [3.63, 3.8) is 0 Å². The van der Waals surface area contributed by atoms with Gasteiger partial charge < -0.3 is 9.84 Å². The highest BCUT2D eigenvalue weighted by Crippen LogP contribution is 2.34. The van der Waals surface area contributed by atoms with Crippen molar-refractivity contribution in [2.24, 2.45) is 5.92 Å². The molecule has 0 heterocycles. The molecule has 1 fully saturated rings. The SMILES string of the molecule is COC1CCC(O)(C(C)C)CC1. The Balaban J connectivity index is 2.44. The van der Waals surface area contributed by atoms with Gasteiger partial charge in [0.05, 0.1) is 11.7 Å². The zero-order valence-corrected chi connectivity index (χ0v) is 8.34. The number of rotatable bonds is 2. The third kappa shape index (κ3) is 1.99. The van der Waals surface area contributed by atoms with Crippen molar-refractivity contribution in [2.75, 3.05) is 7.11 Å². The van der Waals surface area contributed by atoms with Gasteiger partial charge in [-0.1, -0.05) is 13.8 Å². The number of hydrogen-bond acceptors (Lipinski definition) is 2. The van der Waals surface area contributed by atoms with Gasteiger partial charge in [-0.15, -0.1) is 0 Å². The maximum Gasteiger partial charge on any atom is 0.0672 e. The standard InChI is InChI=1S/C10H20O2/c1-8(2)10(11)6-4-9(12-3)5-7-10/h8-9,11H,4-7H2,1-3H3. The van der Waals surface area contributed by atoms with Gasteiger partial charge in [0.1, 0.15) is 0 Å². The summed E-state index contributed by atoms with van der Waals surface area (Å²) < 4.78 is 5.25. The zero-order valence-electron chi connectivity index (χ0n) is 8.34. The first-order valence-corrected chi connectivity index (χ1v) is 4.83. The molecule has 0 unspecified atom stereocenters. The van der Waals surface area contributed by atoms with Crippen LogP contribution in [0, 0.1) is 5.92 Å². The van der Waals surface area contributed by atoms with E-state index < -0.39 is 5.60 Å². The molecule has 1 aliphatic rings. The first-order chi connectivity index (χ1) is 5.58. The maximum absolute atomic E-state index is 10.1. The van der Waals surface area contributed by atoms with Crippen LogP contribution in [0.4, 0.5) is 0 Å². The number of ether oxygens (including phenoxy) is 1. The highest BCUT2D eigenvalue weighted by atomic mass is 16.5. The molecule has 1 rings (SSSR count). The third-order valence-corrected chi connectivity index (χ3v) is 3.21. The van der Waals surface area contributed by atoms with Crippen molar-refractivity contribution in [1.82, 2.24) is 0 Å². The first kappa shape index (κ1) is 10.0. The van der Waals surface area contributed by atoms with E-state index in [-0.39, 0.29) is 0 Å². The van der Waals surface area contributed by atoms with Gasteiger partial charge in [-0.25, -0.2) is 0 Å². The monoisotopic (exact) mass is 172 g/mol. The van der Waals surface area contributed by atoms with Crippen molar-refractivity contribution in [3.8, 4) is 0 Å². The molecule has 2 nitrogen and oxygen atoms in total. The van der Waals surface area contributed by atoms with Crippen LogP contribution in [0.3, 0.4) is 0 Å². The quantitative estimate of drug-likeness (QED) is 0.690. The van der Waals surface area contributed by atoms with Gasteiger partial charge in [-0.3, -0.25) is 0 Å². The second-order valence-electron chi connectivity index (χ2n) is 4.19. The number of aliphatic hydroxyl groups is 1. The van der Waals surface area contributed by atoms with Gasteiger partial charge in [0.25, 0.3) is 0 Å². The van der Waals surface area contributed by atoms with Crippen LogP contribution in [0.5, 0.6) is 0 Å². The Bertz CT molecular complexity index is 135. The van der Waals surface area contributed by atoms with E-state index in [4.69, 9.17) is 4.74 Å². The lowest BCUT2D eigenvalue weighted by Gasteiger charge is -2.38. The maximum atomic E-state index is 10.1. The molecule has 0 spiro atoms. The summed E-state index contributed by atoms with van der Waals surface area (Å²) in [6.45, 7) is 4.18. The van der Waals surface area contributed by atoms with Crippen LogP contribution in [-0.4, -0.2) is 23.9 Å². The van der Waals surface area contributed by atoms with E-state index in [2.05, 4.69) is 13.8 Å². The Kier molecular flexibility index (Phi) is 3.13. The Morgan fingerprint density at radius 1 is 1.33 bits per heavy atom. The predicted octanol–water partition coefficient (Wildman–Crippen LogP) is 1.96. The Morgan fingerprint density at radius 2 is 1.83 bits per heavy atom. The van der Waals surface area contributed by atoms with Crippen molar-refractivity contribution in [2.45, 2.75) is 51.2 Å². The largest absolute Gasteiger partial charge is 0.390 e. The Hall–Kier alpha value is -0.0800. The fraction of sp³-hybridized carbons (Fsp3) is 1.00. The van der Waals surface area contributed by atoms with Gasteiger partial charge in [0, 0.05) is 7.11 Å². The van der Waals surface area contributed by atoms with Crippen LogP contribution in [-0.2, 0) is 4.74 Å². The summed E-state index contributed by atoms with van der Waals surface area (Å²) >= 11 is 0. The molecule has 0 aliphatic heterocycles. The normalized spacial score (nSPS) is 37.2. The Labute approximate surface area is 74.9 Å². The molecule has 0 radical (unpaired) electrons. The molecule has 1 N–H and O–H groups in total. The van der Waals surface area contributed by atoms with E-state index in [0.717, 1.165) is 25.7 Å². The van der Waals surface area contributed by atoms with Crippen LogP contribution in [0.2, 0.25) is 0 Å².